The van der Waals surface area contributed by atoms with Gasteiger partial charge in [0, 0.05) is 24.9 Å². The highest BCUT2D eigenvalue weighted by Gasteiger charge is 2.34. The first-order valence-electron chi connectivity index (χ1n) is 8.77. The second-order valence-corrected chi connectivity index (χ2v) is 6.71. The summed E-state index contributed by atoms with van der Waals surface area (Å²) >= 11 is 0. The van der Waals surface area contributed by atoms with E-state index >= 15 is 0 Å². The summed E-state index contributed by atoms with van der Waals surface area (Å²) in [5.41, 5.74) is 1.65. The minimum absolute atomic E-state index is 0.138. The molecule has 2 amide bonds. The average molecular weight is 355 g/mol. The summed E-state index contributed by atoms with van der Waals surface area (Å²) in [5, 5.41) is 6.98. The zero-order valence-electron chi connectivity index (χ0n) is 14.8. The summed E-state index contributed by atoms with van der Waals surface area (Å²) in [4.78, 5) is 27.2. The molecule has 1 fully saturated rings. The standard InChI is InChI=1S/C17H21N7O2/c1-11(2)15-21-16(26-22-15)13-4-3-6-24(13)17(25)20-9-12-8-19-14-10-18-5-7-23(12)14/h5,7-8,10-11,13H,3-4,6,9H2,1-2H3,(H,20,25)/t13-/m0/s1. The van der Waals surface area contributed by atoms with Gasteiger partial charge in [0.15, 0.2) is 11.5 Å². The zero-order valence-corrected chi connectivity index (χ0v) is 14.8. The molecule has 0 aromatic carbocycles. The van der Waals surface area contributed by atoms with Crippen LogP contribution in [0.2, 0.25) is 0 Å². The highest BCUT2D eigenvalue weighted by Crippen LogP contribution is 2.31. The van der Waals surface area contributed by atoms with Crippen molar-refractivity contribution in [2.75, 3.05) is 6.54 Å². The number of hydrogen-bond acceptors (Lipinski definition) is 6. The molecular formula is C17H21N7O2. The normalized spacial score (nSPS) is 17.3. The fourth-order valence-electron chi connectivity index (χ4n) is 3.18. The molecule has 0 bridgehead atoms. The Balaban J connectivity index is 1.45. The van der Waals surface area contributed by atoms with E-state index < -0.39 is 0 Å². The van der Waals surface area contributed by atoms with Crippen LogP contribution in [0.3, 0.4) is 0 Å². The van der Waals surface area contributed by atoms with Crippen LogP contribution in [0.1, 0.15) is 56.1 Å². The van der Waals surface area contributed by atoms with Crippen LogP contribution in [-0.4, -0.2) is 42.0 Å². The zero-order chi connectivity index (χ0) is 18.1. The number of imidazole rings is 1. The molecule has 3 aromatic rings. The largest absolute Gasteiger partial charge is 0.337 e. The fourth-order valence-corrected chi connectivity index (χ4v) is 3.18. The van der Waals surface area contributed by atoms with Crippen molar-refractivity contribution in [3.63, 3.8) is 0 Å². The fraction of sp³-hybridized carbons (Fsp3) is 0.471. The average Bonchev–Trinajstić information content (AvgIpc) is 3.37. The number of likely N-dealkylation sites (tertiary alicyclic amines) is 1. The molecule has 1 N–H and O–H groups in total. The SMILES string of the molecule is CC(C)c1noc([C@@H]2CCCN2C(=O)NCc2cnc3cnccn23)n1. The summed E-state index contributed by atoms with van der Waals surface area (Å²) in [7, 11) is 0. The molecule has 0 unspecified atom stereocenters. The van der Waals surface area contributed by atoms with Gasteiger partial charge in [0.25, 0.3) is 0 Å². The number of fused-ring (bicyclic) bond motifs is 1. The molecule has 4 rings (SSSR count). The maximum atomic E-state index is 12.7. The molecule has 9 heteroatoms. The molecular weight excluding hydrogens is 334 g/mol. The predicted molar refractivity (Wildman–Crippen MR) is 92.3 cm³/mol. The number of carbonyl (C=O) groups is 1. The minimum Gasteiger partial charge on any atom is -0.337 e. The van der Waals surface area contributed by atoms with Crippen LogP contribution in [0.15, 0.2) is 29.3 Å². The molecule has 0 spiro atoms. The maximum absolute atomic E-state index is 12.7. The van der Waals surface area contributed by atoms with Crippen molar-refractivity contribution in [2.24, 2.45) is 0 Å². The van der Waals surface area contributed by atoms with Crippen LogP contribution < -0.4 is 5.32 Å². The number of amides is 2. The summed E-state index contributed by atoms with van der Waals surface area (Å²) in [5.74, 6) is 1.38. The van der Waals surface area contributed by atoms with Gasteiger partial charge in [-0.3, -0.25) is 9.38 Å². The third kappa shape index (κ3) is 3.00. The highest BCUT2D eigenvalue weighted by atomic mass is 16.5. The molecule has 1 saturated heterocycles. The number of urea groups is 1. The molecule has 4 heterocycles. The van der Waals surface area contributed by atoms with E-state index in [-0.39, 0.29) is 18.0 Å². The van der Waals surface area contributed by atoms with E-state index in [1.807, 2.05) is 24.4 Å². The lowest BCUT2D eigenvalue weighted by molar-refractivity contribution is 0.180. The third-order valence-electron chi connectivity index (χ3n) is 4.59. The van der Waals surface area contributed by atoms with E-state index in [1.54, 1.807) is 23.5 Å². The van der Waals surface area contributed by atoms with Crippen molar-refractivity contribution in [1.82, 2.24) is 34.7 Å². The van der Waals surface area contributed by atoms with Gasteiger partial charge in [-0.2, -0.15) is 4.98 Å². The van der Waals surface area contributed by atoms with Crippen molar-refractivity contribution in [3.05, 3.63) is 42.2 Å². The maximum Gasteiger partial charge on any atom is 0.318 e. The van der Waals surface area contributed by atoms with Crippen LogP contribution in [0.25, 0.3) is 5.65 Å². The van der Waals surface area contributed by atoms with Crippen LogP contribution in [0.5, 0.6) is 0 Å². The van der Waals surface area contributed by atoms with Crippen molar-refractivity contribution >= 4 is 11.7 Å². The molecule has 3 aromatic heterocycles. The molecule has 136 valence electrons. The smallest absolute Gasteiger partial charge is 0.318 e. The van der Waals surface area contributed by atoms with E-state index in [9.17, 15) is 4.79 Å². The van der Waals surface area contributed by atoms with E-state index in [0.717, 1.165) is 24.2 Å². The first kappa shape index (κ1) is 16.5. The lowest BCUT2D eigenvalue weighted by Gasteiger charge is -2.22. The topological polar surface area (TPSA) is 101 Å². The quantitative estimate of drug-likeness (QED) is 0.770. The van der Waals surface area contributed by atoms with E-state index in [1.165, 1.54) is 0 Å². The molecule has 26 heavy (non-hydrogen) atoms. The molecule has 1 aliphatic rings. The van der Waals surface area contributed by atoms with Crippen LogP contribution in [-0.2, 0) is 6.54 Å². The molecule has 0 radical (unpaired) electrons. The summed E-state index contributed by atoms with van der Waals surface area (Å²) in [6.07, 6.45) is 8.69. The second kappa shape index (κ2) is 6.74. The van der Waals surface area contributed by atoms with Crippen LogP contribution in [0, 0.1) is 0 Å². The lowest BCUT2D eigenvalue weighted by Crippen LogP contribution is -2.39. The van der Waals surface area contributed by atoms with Crippen LogP contribution >= 0.6 is 0 Å². The van der Waals surface area contributed by atoms with Gasteiger partial charge >= 0.3 is 6.03 Å². The van der Waals surface area contributed by atoms with Crippen molar-refractivity contribution in [3.8, 4) is 0 Å². The van der Waals surface area contributed by atoms with Gasteiger partial charge in [-0.25, -0.2) is 9.78 Å². The Morgan fingerprint density at radius 3 is 3.12 bits per heavy atom. The number of hydrogen-bond donors (Lipinski definition) is 1. The van der Waals surface area contributed by atoms with E-state index in [0.29, 0.717) is 24.8 Å². The Kier molecular flexibility index (Phi) is 4.27. The van der Waals surface area contributed by atoms with Gasteiger partial charge in [0.2, 0.25) is 5.89 Å². The lowest BCUT2D eigenvalue weighted by atomic mass is 10.2. The van der Waals surface area contributed by atoms with Crippen molar-refractivity contribution in [2.45, 2.75) is 45.2 Å². The molecule has 1 aliphatic heterocycles. The Hall–Kier alpha value is -2.97. The number of aromatic nitrogens is 5. The first-order valence-corrected chi connectivity index (χ1v) is 8.77. The van der Waals surface area contributed by atoms with Crippen molar-refractivity contribution in [1.29, 1.82) is 0 Å². The minimum atomic E-state index is -0.165. The second-order valence-electron chi connectivity index (χ2n) is 6.71. The van der Waals surface area contributed by atoms with Gasteiger partial charge in [0.1, 0.15) is 6.04 Å². The van der Waals surface area contributed by atoms with Gasteiger partial charge in [-0.05, 0) is 12.8 Å². The van der Waals surface area contributed by atoms with Gasteiger partial charge < -0.3 is 14.7 Å². The van der Waals surface area contributed by atoms with Crippen molar-refractivity contribution < 1.29 is 9.32 Å². The summed E-state index contributed by atoms with van der Waals surface area (Å²) < 4.78 is 7.30. The monoisotopic (exact) mass is 355 g/mol. The van der Waals surface area contributed by atoms with Gasteiger partial charge in [-0.1, -0.05) is 19.0 Å². The molecule has 9 nitrogen and oxygen atoms in total. The summed E-state index contributed by atoms with van der Waals surface area (Å²) in [6.45, 7) is 5.08. The van der Waals surface area contributed by atoms with E-state index in [4.69, 9.17) is 4.52 Å². The molecule has 1 atom stereocenters. The Morgan fingerprint density at radius 1 is 1.42 bits per heavy atom. The first-order chi connectivity index (χ1) is 12.6. The Labute approximate surface area is 150 Å². The van der Waals surface area contributed by atoms with Crippen LogP contribution in [0.4, 0.5) is 4.79 Å². The number of carbonyl (C=O) groups excluding carboxylic acids is 1. The summed E-state index contributed by atoms with van der Waals surface area (Å²) in [6, 6.07) is -0.304. The third-order valence-corrected chi connectivity index (χ3v) is 4.59. The number of rotatable bonds is 4. The van der Waals surface area contributed by atoms with E-state index in [2.05, 4.69) is 25.4 Å². The molecule has 0 aliphatic carbocycles. The highest BCUT2D eigenvalue weighted by molar-refractivity contribution is 5.74. The molecule has 0 saturated carbocycles. The van der Waals surface area contributed by atoms with Gasteiger partial charge in [0.05, 0.1) is 24.6 Å². The Bertz CT molecular complexity index is 917. The number of nitrogens with one attached hydrogen (secondary N) is 1. The predicted octanol–water partition coefficient (Wildman–Crippen LogP) is 2.28. The van der Waals surface area contributed by atoms with Gasteiger partial charge in [-0.15, -0.1) is 0 Å². The Morgan fingerprint density at radius 2 is 2.31 bits per heavy atom. The number of nitrogens with zero attached hydrogens (tertiary/aromatic N) is 6.